The monoisotopic (exact) mass is 482 g/mol. The van der Waals surface area contributed by atoms with Gasteiger partial charge >= 0.3 is 0 Å². The predicted molar refractivity (Wildman–Crippen MR) is 134 cm³/mol. The lowest BCUT2D eigenvalue weighted by atomic mass is 9.87. The Hall–Kier alpha value is -2.71. The fourth-order valence-corrected chi connectivity index (χ4v) is 5.99. The SMILES string of the molecule is C=C[C@]1(C(=O)N[C@@H]2c3ccccc3C[C@@H]2O)C[C@@H]1[C@@H](CCOC)N1C(=O)CC(CC)(CC)N=C1N. The number of benzene rings is 1. The third kappa shape index (κ3) is 4.38. The number of nitrogens with zero attached hydrogens (tertiary/aromatic N) is 2. The molecule has 1 aliphatic heterocycles. The highest BCUT2D eigenvalue weighted by atomic mass is 16.5. The van der Waals surface area contributed by atoms with E-state index in [0.29, 0.717) is 32.3 Å². The second kappa shape index (κ2) is 9.74. The molecule has 35 heavy (non-hydrogen) atoms. The normalized spacial score (nSPS) is 29.8. The maximum Gasteiger partial charge on any atom is 0.231 e. The van der Waals surface area contributed by atoms with Gasteiger partial charge in [0.1, 0.15) is 0 Å². The van der Waals surface area contributed by atoms with E-state index in [9.17, 15) is 14.7 Å². The topological polar surface area (TPSA) is 117 Å². The molecule has 0 spiro atoms. The molecule has 5 atom stereocenters. The Morgan fingerprint density at radius 1 is 1.40 bits per heavy atom. The number of nitrogens with two attached hydrogens (primary N) is 1. The van der Waals surface area contributed by atoms with Crippen molar-refractivity contribution >= 4 is 17.8 Å². The van der Waals surface area contributed by atoms with E-state index in [4.69, 9.17) is 15.5 Å². The van der Waals surface area contributed by atoms with Crippen molar-refractivity contribution in [2.24, 2.45) is 22.1 Å². The van der Waals surface area contributed by atoms with Crippen LogP contribution in [0.25, 0.3) is 0 Å². The number of carbonyl (C=O) groups is 2. The summed E-state index contributed by atoms with van der Waals surface area (Å²) in [6.45, 7) is 8.45. The fourth-order valence-electron chi connectivity index (χ4n) is 5.99. The van der Waals surface area contributed by atoms with Gasteiger partial charge in [0.25, 0.3) is 0 Å². The van der Waals surface area contributed by atoms with E-state index in [-0.39, 0.29) is 29.7 Å². The molecule has 0 unspecified atom stereocenters. The third-order valence-corrected chi connectivity index (χ3v) is 8.41. The third-order valence-electron chi connectivity index (χ3n) is 8.41. The minimum atomic E-state index is -0.847. The lowest BCUT2D eigenvalue weighted by Crippen LogP contribution is -2.56. The van der Waals surface area contributed by atoms with Crippen LogP contribution in [0.1, 0.15) is 63.1 Å². The molecule has 2 aliphatic carbocycles. The molecule has 1 heterocycles. The van der Waals surface area contributed by atoms with E-state index >= 15 is 0 Å². The highest BCUT2D eigenvalue weighted by molar-refractivity contribution is 6.00. The van der Waals surface area contributed by atoms with Crippen molar-refractivity contribution in [3.8, 4) is 0 Å². The summed E-state index contributed by atoms with van der Waals surface area (Å²) < 4.78 is 5.34. The first-order valence-electron chi connectivity index (χ1n) is 12.6. The molecule has 8 heteroatoms. The van der Waals surface area contributed by atoms with Crippen LogP contribution in [0.2, 0.25) is 0 Å². The summed E-state index contributed by atoms with van der Waals surface area (Å²) in [5.74, 6) is -0.196. The lowest BCUT2D eigenvalue weighted by molar-refractivity contribution is -0.133. The van der Waals surface area contributed by atoms with Crippen LogP contribution in [0.3, 0.4) is 0 Å². The molecule has 8 nitrogen and oxygen atoms in total. The van der Waals surface area contributed by atoms with Crippen molar-refractivity contribution in [1.82, 2.24) is 10.2 Å². The van der Waals surface area contributed by atoms with Crippen molar-refractivity contribution < 1.29 is 19.4 Å². The van der Waals surface area contributed by atoms with Gasteiger partial charge in [-0.2, -0.15) is 0 Å². The zero-order chi connectivity index (χ0) is 25.4. The van der Waals surface area contributed by atoms with Crippen molar-refractivity contribution in [3.05, 3.63) is 48.0 Å². The van der Waals surface area contributed by atoms with Crippen molar-refractivity contribution in [2.45, 2.75) is 76.1 Å². The number of fused-ring (bicyclic) bond motifs is 1. The van der Waals surface area contributed by atoms with Gasteiger partial charge in [-0.25, -0.2) is 4.99 Å². The molecule has 4 N–H and O–H groups in total. The maximum absolute atomic E-state index is 13.6. The smallest absolute Gasteiger partial charge is 0.231 e. The summed E-state index contributed by atoms with van der Waals surface area (Å²) in [6.07, 6.45) is 4.37. The van der Waals surface area contributed by atoms with Gasteiger partial charge < -0.3 is 20.9 Å². The Balaban J connectivity index is 1.58. The summed E-state index contributed by atoms with van der Waals surface area (Å²) in [4.78, 5) is 33.3. The zero-order valence-electron chi connectivity index (χ0n) is 21.0. The van der Waals surface area contributed by atoms with Crippen LogP contribution in [0.5, 0.6) is 0 Å². The van der Waals surface area contributed by atoms with Gasteiger partial charge in [0.05, 0.1) is 29.5 Å². The average Bonchev–Trinajstić information content (AvgIpc) is 3.52. The molecule has 0 bridgehead atoms. The van der Waals surface area contributed by atoms with Crippen LogP contribution in [0.15, 0.2) is 41.9 Å². The fraction of sp³-hybridized carbons (Fsp3) is 0.593. The molecule has 1 saturated carbocycles. The van der Waals surface area contributed by atoms with Crippen LogP contribution in [-0.2, 0) is 20.7 Å². The first kappa shape index (κ1) is 25.4. The van der Waals surface area contributed by atoms with Crippen molar-refractivity contribution in [1.29, 1.82) is 0 Å². The van der Waals surface area contributed by atoms with Crippen LogP contribution < -0.4 is 11.1 Å². The van der Waals surface area contributed by atoms with Crippen LogP contribution in [0.4, 0.5) is 0 Å². The molecule has 0 aromatic heterocycles. The first-order chi connectivity index (χ1) is 16.8. The number of hydrogen-bond acceptors (Lipinski definition) is 6. The Bertz CT molecular complexity index is 1020. The first-order valence-corrected chi connectivity index (χ1v) is 12.6. The summed E-state index contributed by atoms with van der Waals surface area (Å²) in [7, 11) is 1.62. The Morgan fingerprint density at radius 2 is 2.11 bits per heavy atom. The van der Waals surface area contributed by atoms with Crippen LogP contribution in [-0.4, -0.2) is 59.2 Å². The van der Waals surface area contributed by atoms with Gasteiger partial charge in [0.15, 0.2) is 5.96 Å². The van der Waals surface area contributed by atoms with Gasteiger partial charge in [-0.05, 0) is 42.7 Å². The van der Waals surface area contributed by atoms with Crippen LogP contribution >= 0.6 is 0 Å². The molecule has 1 aromatic carbocycles. The van der Waals surface area contributed by atoms with E-state index in [1.807, 2.05) is 38.1 Å². The molecular formula is C27H38N4O4. The Kier molecular flexibility index (Phi) is 7.06. The van der Waals surface area contributed by atoms with Gasteiger partial charge in [0, 0.05) is 26.2 Å². The Labute approximate surface area is 207 Å². The predicted octanol–water partition coefficient (Wildman–Crippen LogP) is 2.46. The minimum absolute atomic E-state index is 0.0623. The number of aliphatic hydroxyl groups is 1. The minimum Gasteiger partial charge on any atom is -0.390 e. The quantitative estimate of drug-likeness (QED) is 0.443. The molecule has 190 valence electrons. The highest BCUT2D eigenvalue weighted by Crippen LogP contribution is 2.58. The number of rotatable bonds is 10. The summed E-state index contributed by atoms with van der Waals surface area (Å²) in [6, 6.07) is 6.98. The summed E-state index contributed by atoms with van der Waals surface area (Å²) >= 11 is 0. The number of aliphatic imine (C=N–C) groups is 1. The van der Waals surface area contributed by atoms with Crippen molar-refractivity contribution in [2.75, 3.05) is 13.7 Å². The second-order valence-corrected chi connectivity index (χ2v) is 10.2. The summed E-state index contributed by atoms with van der Waals surface area (Å²) in [5, 5.41) is 13.7. The van der Waals surface area contributed by atoms with Crippen molar-refractivity contribution in [3.63, 3.8) is 0 Å². The lowest BCUT2D eigenvalue weighted by Gasteiger charge is -2.40. The van der Waals surface area contributed by atoms with Gasteiger partial charge in [0.2, 0.25) is 11.8 Å². The number of ether oxygens (including phenoxy) is 1. The van der Waals surface area contributed by atoms with Crippen LogP contribution in [0, 0.1) is 11.3 Å². The number of carbonyl (C=O) groups excluding carboxylic acids is 2. The van der Waals surface area contributed by atoms with E-state index < -0.39 is 23.1 Å². The number of guanidine groups is 1. The molecule has 1 fully saturated rings. The molecule has 0 radical (unpaired) electrons. The number of methoxy groups -OCH3 is 1. The second-order valence-electron chi connectivity index (χ2n) is 10.2. The van der Waals surface area contributed by atoms with E-state index in [1.165, 1.54) is 0 Å². The highest BCUT2D eigenvalue weighted by Gasteiger charge is 2.63. The van der Waals surface area contributed by atoms with E-state index in [0.717, 1.165) is 24.0 Å². The van der Waals surface area contributed by atoms with E-state index in [1.54, 1.807) is 18.1 Å². The average molecular weight is 483 g/mol. The zero-order valence-corrected chi connectivity index (χ0v) is 21.0. The molecule has 3 aliphatic rings. The number of nitrogens with one attached hydrogen (secondary N) is 1. The van der Waals surface area contributed by atoms with Gasteiger partial charge in [-0.3, -0.25) is 14.5 Å². The molecular weight excluding hydrogens is 444 g/mol. The Morgan fingerprint density at radius 3 is 2.74 bits per heavy atom. The van der Waals surface area contributed by atoms with E-state index in [2.05, 4.69) is 11.9 Å². The standard InChI is InChI=1S/C27H38N4O4/c1-5-26(6-2)16-22(33)31(25(28)30-26)20(12-13-35-4)19-15-27(19,7-3)24(34)29-23-18-11-9-8-10-17(18)14-21(23)32/h7-11,19-21,23,32H,3,5-6,12-16H2,1-2,4H3,(H2,28,30)(H,29,34)/t19-,20-,21+,23-,27+/m1/s1. The molecule has 0 saturated heterocycles. The molecule has 1 aromatic rings. The summed E-state index contributed by atoms with van der Waals surface area (Å²) in [5.41, 5.74) is 7.07. The van der Waals surface area contributed by atoms with Gasteiger partial charge in [-0.15, -0.1) is 6.58 Å². The molecule has 2 amide bonds. The maximum atomic E-state index is 13.6. The molecule has 4 rings (SSSR count). The largest absolute Gasteiger partial charge is 0.390 e. The number of amides is 2. The number of aliphatic hydroxyl groups excluding tert-OH is 1. The number of hydrogen-bond donors (Lipinski definition) is 3. The van der Waals surface area contributed by atoms with Gasteiger partial charge in [-0.1, -0.05) is 44.2 Å².